The molecule has 9 heteroatoms. The molecule has 2 aromatic rings. The van der Waals surface area contributed by atoms with Gasteiger partial charge in [-0.3, -0.25) is 9.88 Å². The molecule has 29 heavy (non-hydrogen) atoms. The molecule has 0 atom stereocenters. The maximum Gasteiger partial charge on any atom is 0.346 e. The summed E-state index contributed by atoms with van der Waals surface area (Å²) in [6.45, 7) is 4.26. The lowest BCUT2D eigenvalue weighted by Gasteiger charge is -2.28. The van der Waals surface area contributed by atoms with Gasteiger partial charge >= 0.3 is 5.91 Å². The number of pyridine rings is 1. The highest BCUT2D eigenvalue weighted by Crippen LogP contribution is 2.39. The monoisotopic (exact) mass is 443 g/mol. The molecule has 1 aliphatic heterocycles. The summed E-state index contributed by atoms with van der Waals surface area (Å²) in [5, 5.41) is 0. The average molecular weight is 444 g/mol. The number of quaternary nitrogens is 2. The number of halogens is 2. The van der Waals surface area contributed by atoms with Gasteiger partial charge in [-0.25, -0.2) is 4.79 Å². The minimum atomic E-state index is 0. The molecule has 2 N–H and O–H groups in total. The van der Waals surface area contributed by atoms with Crippen molar-refractivity contribution in [2.75, 3.05) is 47.5 Å². The fraction of sp³-hybridized carbons (Fsp3) is 0.400. The number of hydrogen-bond donors (Lipinski definition) is 2. The first-order valence-electron chi connectivity index (χ1n) is 9.08. The Labute approximate surface area is 183 Å². The van der Waals surface area contributed by atoms with Crippen molar-refractivity contribution < 1.29 is 53.6 Å². The molecule has 1 amide bonds. The van der Waals surface area contributed by atoms with Crippen LogP contribution in [0.2, 0.25) is 0 Å². The van der Waals surface area contributed by atoms with E-state index in [2.05, 4.69) is 4.98 Å². The lowest BCUT2D eigenvalue weighted by molar-refractivity contribution is -0.988. The smallest absolute Gasteiger partial charge is 0.346 e. The first-order chi connectivity index (χ1) is 13.2. The Hall–Kier alpha value is -2.06. The number of nitrogens with zero attached hydrogens (tertiary/aromatic N) is 1. The number of hydrogen-bond acceptors (Lipinski definition) is 5. The predicted molar refractivity (Wildman–Crippen MR) is 99.8 cm³/mol. The van der Waals surface area contributed by atoms with Crippen LogP contribution in [0.15, 0.2) is 36.7 Å². The van der Waals surface area contributed by atoms with Crippen LogP contribution in [0.25, 0.3) is 0 Å². The molecule has 0 bridgehead atoms. The number of carbonyl (C=O) groups is 1. The van der Waals surface area contributed by atoms with Crippen LogP contribution in [0.3, 0.4) is 0 Å². The Morgan fingerprint density at radius 1 is 0.966 bits per heavy atom. The van der Waals surface area contributed by atoms with Gasteiger partial charge in [-0.1, -0.05) is 0 Å². The number of methoxy groups -OCH3 is 3. The van der Waals surface area contributed by atoms with Crippen LogP contribution in [-0.2, 0) is 6.54 Å². The Morgan fingerprint density at radius 2 is 1.66 bits per heavy atom. The summed E-state index contributed by atoms with van der Waals surface area (Å²) in [7, 11) is 4.87. The van der Waals surface area contributed by atoms with Crippen LogP contribution < -0.4 is 48.8 Å². The molecule has 2 heterocycles. The van der Waals surface area contributed by atoms with Gasteiger partial charge in [-0.15, -0.1) is 0 Å². The van der Waals surface area contributed by atoms with E-state index in [1.807, 2.05) is 18.2 Å². The molecule has 7 nitrogen and oxygen atoms in total. The van der Waals surface area contributed by atoms with E-state index in [4.69, 9.17) is 14.2 Å². The lowest BCUT2D eigenvalue weighted by atomic mass is 10.1. The van der Waals surface area contributed by atoms with E-state index >= 15 is 0 Å². The SMILES string of the molecule is COc1ccc(C[NH+]2CC[NH+](C(=O)c3cccnc3)CC2)c(OC)c1OC.[Cl-].[Cl-]. The summed E-state index contributed by atoms with van der Waals surface area (Å²) in [6, 6.07) is 7.56. The van der Waals surface area contributed by atoms with E-state index in [9.17, 15) is 4.79 Å². The van der Waals surface area contributed by atoms with Gasteiger partial charge in [0.15, 0.2) is 11.5 Å². The van der Waals surface area contributed by atoms with Gasteiger partial charge in [0.1, 0.15) is 32.7 Å². The van der Waals surface area contributed by atoms with Crippen molar-refractivity contribution in [2.24, 2.45) is 0 Å². The first-order valence-corrected chi connectivity index (χ1v) is 9.08. The summed E-state index contributed by atoms with van der Waals surface area (Å²) in [4.78, 5) is 19.0. The quantitative estimate of drug-likeness (QED) is 0.464. The molecule has 3 rings (SSSR count). The van der Waals surface area contributed by atoms with Crippen molar-refractivity contribution >= 4 is 5.91 Å². The fourth-order valence-corrected chi connectivity index (χ4v) is 3.58. The highest BCUT2D eigenvalue weighted by atomic mass is 35.5. The molecule has 1 fully saturated rings. The van der Waals surface area contributed by atoms with Crippen LogP contribution >= 0.6 is 0 Å². The number of aromatic nitrogens is 1. The number of nitrogens with one attached hydrogen (secondary N) is 2. The van der Waals surface area contributed by atoms with Crippen molar-refractivity contribution in [1.29, 1.82) is 0 Å². The Kier molecular flexibility index (Phi) is 10.2. The topological polar surface area (TPSA) is 66.5 Å². The van der Waals surface area contributed by atoms with Gasteiger partial charge in [0.2, 0.25) is 5.75 Å². The highest BCUT2D eigenvalue weighted by molar-refractivity contribution is 5.86. The molecule has 1 aromatic heterocycles. The standard InChI is InChI=1S/C20H25N3O4.2ClH/c1-25-17-7-6-16(18(26-2)19(17)27-3)14-22-9-11-23(12-10-22)20(24)15-5-4-8-21-13-15;;/h4-8,13H,9-12,14H2,1-3H3;2*1H. The minimum absolute atomic E-state index is 0. The number of benzene rings is 1. The van der Waals surface area contributed by atoms with Crippen LogP contribution in [-0.4, -0.2) is 58.4 Å². The first kappa shape index (κ1) is 25.0. The van der Waals surface area contributed by atoms with Gasteiger partial charge in [-0.2, -0.15) is 0 Å². The van der Waals surface area contributed by atoms with E-state index in [1.54, 1.807) is 39.8 Å². The van der Waals surface area contributed by atoms with Gasteiger partial charge in [0.05, 0.1) is 32.5 Å². The third kappa shape index (κ3) is 5.73. The molecule has 0 saturated carbocycles. The second-order valence-corrected chi connectivity index (χ2v) is 6.59. The summed E-state index contributed by atoms with van der Waals surface area (Å²) in [5.41, 5.74) is 1.75. The summed E-state index contributed by atoms with van der Waals surface area (Å²) < 4.78 is 16.4. The molecule has 160 valence electrons. The zero-order valence-corrected chi connectivity index (χ0v) is 18.3. The van der Waals surface area contributed by atoms with E-state index in [0.717, 1.165) is 43.2 Å². The van der Waals surface area contributed by atoms with Gasteiger partial charge in [0, 0.05) is 12.4 Å². The molecule has 1 saturated heterocycles. The Balaban J connectivity index is 0.00000210. The molecule has 0 spiro atoms. The van der Waals surface area contributed by atoms with E-state index in [0.29, 0.717) is 22.8 Å². The summed E-state index contributed by atoms with van der Waals surface area (Å²) in [6.07, 6.45) is 3.33. The van der Waals surface area contributed by atoms with Crippen molar-refractivity contribution in [1.82, 2.24) is 4.98 Å². The second-order valence-electron chi connectivity index (χ2n) is 6.59. The molecular formula is C20H27Cl2N3O4. The predicted octanol–water partition coefficient (Wildman–Crippen LogP) is -6.76. The normalized spacial score (nSPS) is 18.0. The van der Waals surface area contributed by atoms with Crippen LogP contribution in [0, 0.1) is 0 Å². The average Bonchev–Trinajstić information content (AvgIpc) is 2.73. The van der Waals surface area contributed by atoms with Crippen molar-refractivity contribution in [2.45, 2.75) is 6.54 Å². The zero-order chi connectivity index (χ0) is 19.2. The third-order valence-electron chi connectivity index (χ3n) is 5.03. The molecule has 1 aromatic carbocycles. The van der Waals surface area contributed by atoms with Crippen molar-refractivity contribution in [3.8, 4) is 17.2 Å². The number of ether oxygens (including phenoxy) is 3. The maximum atomic E-state index is 12.6. The summed E-state index contributed by atoms with van der Waals surface area (Å²) >= 11 is 0. The van der Waals surface area contributed by atoms with Gasteiger partial charge in [-0.05, 0) is 24.3 Å². The zero-order valence-electron chi connectivity index (χ0n) is 16.8. The van der Waals surface area contributed by atoms with Gasteiger partial charge in [0.25, 0.3) is 0 Å². The minimum Gasteiger partial charge on any atom is -1.00 e. The lowest BCUT2D eigenvalue weighted by Crippen LogP contribution is -3.28. The second kappa shape index (κ2) is 11.8. The number of rotatable bonds is 6. The number of carbonyl (C=O) groups excluding carboxylic acids is 1. The van der Waals surface area contributed by atoms with Crippen LogP contribution in [0.1, 0.15) is 15.9 Å². The van der Waals surface area contributed by atoms with E-state index in [1.165, 1.54) is 4.90 Å². The molecule has 1 aliphatic rings. The molecule has 0 unspecified atom stereocenters. The van der Waals surface area contributed by atoms with Crippen molar-refractivity contribution in [3.63, 3.8) is 0 Å². The van der Waals surface area contributed by atoms with Crippen molar-refractivity contribution in [3.05, 3.63) is 47.8 Å². The number of amides is 1. The van der Waals surface area contributed by atoms with Crippen LogP contribution in [0.5, 0.6) is 17.2 Å². The van der Waals surface area contributed by atoms with E-state index in [-0.39, 0.29) is 30.7 Å². The molecule has 0 aliphatic carbocycles. The largest absolute Gasteiger partial charge is 1.00 e. The molecular weight excluding hydrogens is 417 g/mol. The molecule has 0 radical (unpaired) electrons. The van der Waals surface area contributed by atoms with E-state index < -0.39 is 0 Å². The Morgan fingerprint density at radius 3 is 2.21 bits per heavy atom. The highest BCUT2D eigenvalue weighted by Gasteiger charge is 2.30. The van der Waals surface area contributed by atoms with Gasteiger partial charge < -0.3 is 43.9 Å². The Bertz CT molecular complexity index is 785. The fourth-order valence-electron chi connectivity index (χ4n) is 3.58. The summed E-state index contributed by atoms with van der Waals surface area (Å²) in [5.74, 6) is 2.12. The van der Waals surface area contributed by atoms with Crippen LogP contribution in [0.4, 0.5) is 0 Å². The third-order valence-corrected chi connectivity index (χ3v) is 5.03. The maximum absolute atomic E-state index is 12.6. The number of piperazine rings is 1.